The molecule has 0 amide bonds. The highest BCUT2D eigenvalue weighted by Gasteiger charge is 2.10. The number of benzene rings is 1. The molecule has 0 spiro atoms. The summed E-state index contributed by atoms with van der Waals surface area (Å²) in [7, 11) is 1.71. The van der Waals surface area contributed by atoms with Gasteiger partial charge in [-0.15, -0.1) is 0 Å². The Kier molecular flexibility index (Phi) is 2.81. The molecule has 0 saturated heterocycles. The molecule has 0 unspecified atom stereocenters. The molecule has 4 heteroatoms. The summed E-state index contributed by atoms with van der Waals surface area (Å²) in [4.78, 5) is 11.8. The van der Waals surface area contributed by atoms with Gasteiger partial charge in [-0.3, -0.25) is 9.48 Å². The van der Waals surface area contributed by atoms with Gasteiger partial charge in [-0.2, -0.15) is 5.10 Å². The topological polar surface area (TPSA) is 34.9 Å². The SMILES string of the molecule is Cn1nccc1C(=O)Cc1cccc(F)c1. The van der Waals surface area contributed by atoms with Gasteiger partial charge >= 0.3 is 0 Å². The first-order chi connectivity index (χ1) is 7.66. The summed E-state index contributed by atoms with van der Waals surface area (Å²) in [6.07, 6.45) is 1.76. The van der Waals surface area contributed by atoms with Crippen LogP contribution in [0.2, 0.25) is 0 Å². The van der Waals surface area contributed by atoms with Gasteiger partial charge < -0.3 is 0 Å². The van der Waals surface area contributed by atoms with Crippen molar-refractivity contribution in [2.24, 2.45) is 7.05 Å². The second-order valence-electron chi connectivity index (χ2n) is 3.57. The van der Waals surface area contributed by atoms with Gasteiger partial charge in [0, 0.05) is 19.7 Å². The minimum atomic E-state index is -0.324. The predicted molar refractivity (Wildman–Crippen MR) is 57.6 cm³/mol. The van der Waals surface area contributed by atoms with E-state index in [4.69, 9.17) is 0 Å². The number of hydrogen-bond donors (Lipinski definition) is 0. The lowest BCUT2D eigenvalue weighted by molar-refractivity contribution is 0.0984. The number of nitrogens with zero attached hydrogens (tertiary/aromatic N) is 2. The van der Waals surface area contributed by atoms with Crippen LogP contribution in [0.4, 0.5) is 4.39 Å². The number of hydrogen-bond acceptors (Lipinski definition) is 2. The molecule has 1 aromatic carbocycles. The van der Waals surface area contributed by atoms with Crippen LogP contribution in [0, 0.1) is 5.82 Å². The summed E-state index contributed by atoms with van der Waals surface area (Å²) >= 11 is 0. The molecular weight excluding hydrogens is 207 g/mol. The van der Waals surface area contributed by atoms with Crippen LogP contribution in [0.5, 0.6) is 0 Å². The summed E-state index contributed by atoms with van der Waals surface area (Å²) < 4.78 is 14.4. The average molecular weight is 218 g/mol. The number of aryl methyl sites for hydroxylation is 1. The van der Waals surface area contributed by atoms with E-state index in [2.05, 4.69) is 5.10 Å². The van der Waals surface area contributed by atoms with Crippen molar-refractivity contribution in [3.8, 4) is 0 Å². The average Bonchev–Trinajstić information content (AvgIpc) is 2.64. The zero-order valence-electron chi connectivity index (χ0n) is 8.85. The molecule has 3 nitrogen and oxygen atoms in total. The molecule has 2 aromatic rings. The second-order valence-corrected chi connectivity index (χ2v) is 3.57. The van der Waals surface area contributed by atoms with E-state index < -0.39 is 0 Å². The maximum Gasteiger partial charge on any atom is 0.185 e. The van der Waals surface area contributed by atoms with Crippen molar-refractivity contribution in [2.45, 2.75) is 6.42 Å². The Morgan fingerprint density at radius 2 is 2.25 bits per heavy atom. The normalized spacial score (nSPS) is 10.4. The van der Waals surface area contributed by atoms with E-state index in [0.29, 0.717) is 11.3 Å². The predicted octanol–water partition coefficient (Wildman–Crippen LogP) is 1.98. The molecule has 0 aliphatic rings. The summed E-state index contributed by atoms with van der Waals surface area (Å²) in [6.45, 7) is 0. The third-order valence-corrected chi connectivity index (χ3v) is 2.36. The monoisotopic (exact) mass is 218 g/mol. The summed E-state index contributed by atoms with van der Waals surface area (Å²) in [5, 5.41) is 3.92. The highest BCUT2D eigenvalue weighted by Crippen LogP contribution is 2.08. The lowest BCUT2D eigenvalue weighted by Gasteiger charge is -2.01. The number of aromatic nitrogens is 2. The molecule has 2 rings (SSSR count). The third-order valence-electron chi connectivity index (χ3n) is 2.36. The van der Waals surface area contributed by atoms with E-state index in [0.717, 1.165) is 0 Å². The minimum Gasteiger partial charge on any atom is -0.292 e. The van der Waals surface area contributed by atoms with E-state index in [-0.39, 0.29) is 18.0 Å². The fraction of sp³-hybridized carbons (Fsp3) is 0.167. The van der Waals surface area contributed by atoms with Crippen molar-refractivity contribution < 1.29 is 9.18 Å². The summed E-state index contributed by atoms with van der Waals surface area (Å²) in [5.74, 6) is -0.388. The number of ketones is 1. The number of halogens is 1. The maximum atomic E-state index is 12.9. The maximum absolute atomic E-state index is 12.9. The Labute approximate surface area is 92.5 Å². The van der Waals surface area contributed by atoms with E-state index in [1.807, 2.05) is 0 Å². The molecule has 0 radical (unpaired) electrons. The van der Waals surface area contributed by atoms with E-state index >= 15 is 0 Å². The molecule has 0 atom stereocenters. The van der Waals surface area contributed by atoms with Crippen LogP contribution < -0.4 is 0 Å². The van der Waals surface area contributed by atoms with Crippen molar-refractivity contribution in [1.29, 1.82) is 0 Å². The Morgan fingerprint density at radius 1 is 1.44 bits per heavy atom. The van der Waals surface area contributed by atoms with Gasteiger partial charge in [-0.05, 0) is 23.8 Å². The Bertz CT molecular complexity index is 519. The first-order valence-corrected chi connectivity index (χ1v) is 4.92. The number of Topliss-reactive ketones (excluding diaryl/α,β-unsaturated/α-hetero) is 1. The highest BCUT2D eigenvalue weighted by molar-refractivity contribution is 5.95. The van der Waals surface area contributed by atoms with Crippen molar-refractivity contribution in [2.75, 3.05) is 0 Å². The smallest absolute Gasteiger partial charge is 0.185 e. The van der Waals surface area contributed by atoms with Gasteiger partial charge in [0.05, 0.1) is 0 Å². The van der Waals surface area contributed by atoms with Crippen LogP contribution in [0.3, 0.4) is 0 Å². The molecule has 82 valence electrons. The van der Waals surface area contributed by atoms with Crippen LogP contribution in [-0.4, -0.2) is 15.6 Å². The van der Waals surface area contributed by atoms with Crippen LogP contribution in [0.25, 0.3) is 0 Å². The molecule has 0 fully saturated rings. The van der Waals surface area contributed by atoms with E-state index in [9.17, 15) is 9.18 Å². The minimum absolute atomic E-state index is 0.0643. The van der Waals surface area contributed by atoms with Crippen LogP contribution in [-0.2, 0) is 13.5 Å². The van der Waals surface area contributed by atoms with Crippen molar-refractivity contribution in [3.05, 3.63) is 53.6 Å². The molecule has 0 bridgehead atoms. The number of rotatable bonds is 3. The van der Waals surface area contributed by atoms with Gasteiger partial charge in [0.2, 0.25) is 0 Å². The molecule has 0 aliphatic heterocycles. The fourth-order valence-electron chi connectivity index (χ4n) is 1.57. The van der Waals surface area contributed by atoms with Crippen molar-refractivity contribution in [1.82, 2.24) is 9.78 Å². The molecule has 0 N–H and O–H groups in total. The Hall–Kier alpha value is -1.97. The van der Waals surface area contributed by atoms with Crippen molar-refractivity contribution >= 4 is 5.78 Å². The van der Waals surface area contributed by atoms with Gasteiger partial charge in [0.1, 0.15) is 11.5 Å². The third kappa shape index (κ3) is 2.16. The van der Waals surface area contributed by atoms with Gasteiger partial charge in [-0.25, -0.2) is 4.39 Å². The van der Waals surface area contributed by atoms with Crippen LogP contribution in [0.15, 0.2) is 36.5 Å². The zero-order chi connectivity index (χ0) is 11.5. The van der Waals surface area contributed by atoms with Gasteiger partial charge in [-0.1, -0.05) is 12.1 Å². The largest absolute Gasteiger partial charge is 0.292 e. The van der Waals surface area contributed by atoms with Crippen LogP contribution in [0.1, 0.15) is 16.1 Å². The van der Waals surface area contributed by atoms with E-state index in [1.54, 1.807) is 31.4 Å². The molecular formula is C12H11FN2O. The summed E-state index contributed by atoms with van der Waals surface area (Å²) in [6, 6.07) is 7.71. The molecule has 0 aliphatic carbocycles. The number of carbonyl (C=O) groups excluding carboxylic acids is 1. The van der Waals surface area contributed by atoms with Gasteiger partial charge in [0.15, 0.2) is 5.78 Å². The second kappa shape index (κ2) is 4.26. The standard InChI is InChI=1S/C12H11FN2O/c1-15-11(5-6-14-15)12(16)8-9-3-2-4-10(13)7-9/h2-7H,8H2,1H3. The first kappa shape index (κ1) is 10.5. The molecule has 1 heterocycles. The molecule has 0 saturated carbocycles. The zero-order valence-corrected chi connectivity index (χ0v) is 8.85. The highest BCUT2D eigenvalue weighted by atomic mass is 19.1. The van der Waals surface area contributed by atoms with Crippen molar-refractivity contribution in [3.63, 3.8) is 0 Å². The number of carbonyl (C=O) groups is 1. The summed E-state index contributed by atoms with van der Waals surface area (Å²) in [5.41, 5.74) is 1.20. The van der Waals surface area contributed by atoms with Gasteiger partial charge in [0.25, 0.3) is 0 Å². The fourth-order valence-corrected chi connectivity index (χ4v) is 1.57. The first-order valence-electron chi connectivity index (χ1n) is 4.92. The lowest BCUT2D eigenvalue weighted by Crippen LogP contribution is -2.09. The quantitative estimate of drug-likeness (QED) is 0.738. The van der Waals surface area contributed by atoms with Crippen LogP contribution >= 0.6 is 0 Å². The molecule has 1 aromatic heterocycles. The Balaban J connectivity index is 2.17. The molecule has 16 heavy (non-hydrogen) atoms. The lowest BCUT2D eigenvalue weighted by atomic mass is 10.1. The Morgan fingerprint density at radius 3 is 2.88 bits per heavy atom. The van der Waals surface area contributed by atoms with E-state index in [1.165, 1.54) is 16.8 Å².